The van der Waals surface area contributed by atoms with Crippen LogP contribution in [-0.4, -0.2) is 54.2 Å². The number of benzene rings is 3. The van der Waals surface area contributed by atoms with Crippen molar-refractivity contribution in [3.8, 4) is 0 Å². The first-order valence-corrected chi connectivity index (χ1v) is 14.3. The number of aromatic nitrogens is 4. The molecular weight excluding hydrogens is 532 g/mol. The lowest BCUT2D eigenvalue weighted by molar-refractivity contribution is -0.0942. The van der Waals surface area contributed by atoms with Gasteiger partial charge in [-0.15, -0.1) is 0 Å². The molecule has 2 fully saturated rings. The number of imidazole rings is 1. The minimum absolute atomic E-state index is 0.0261. The third kappa shape index (κ3) is 4.64. The van der Waals surface area contributed by atoms with Crippen LogP contribution in [0.4, 0.5) is 0 Å². The van der Waals surface area contributed by atoms with Gasteiger partial charge in [-0.25, -0.2) is 9.97 Å². The van der Waals surface area contributed by atoms with Gasteiger partial charge in [0.15, 0.2) is 17.4 Å². The average molecular weight is 565 g/mol. The van der Waals surface area contributed by atoms with Crippen LogP contribution in [-0.2, 0) is 21.6 Å². The highest BCUT2D eigenvalue weighted by atomic mass is 16.6. The zero-order valence-electron chi connectivity index (χ0n) is 22.9. The van der Waals surface area contributed by atoms with Gasteiger partial charge < -0.3 is 19.7 Å². The van der Waals surface area contributed by atoms with Crippen LogP contribution in [0.5, 0.6) is 0 Å². The Hall–Kier alpha value is -4.15. The van der Waals surface area contributed by atoms with E-state index in [1.165, 1.54) is 17.2 Å². The normalized spacial score (nSPS) is 22.5. The number of ether oxygens (including phenoxy) is 2. The van der Waals surface area contributed by atoms with Gasteiger partial charge in [0.05, 0.1) is 12.9 Å². The van der Waals surface area contributed by atoms with Crippen molar-refractivity contribution >= 4 is 11.2 Å². The molecule has 0 radical (unpaired) electrons. The molecular formula is C33H32N4O5. The minimum atomic E-state index is -1.29. The van der Waals surface area contributed by atoms with Crippen LogP contribution >= 0.6 is 0 Å². The van der Waals surface area contributed by atoms with E-state index in [2.05, 4.69) is 9.97 Å². The molecule has 5 aromatic rings. The van der Waals surface area contributed by atoms with Crippen LogP contribution in [0.3, 0.4) is 0 Å². The lowest BCUT2D eigenvalue weighted by Gasteiger charge is -2.37. The van der Waals surface area contributed by atoms with Gasteiger partial charge in [0.25, 0.3) is 5.56 Å². The number of hydrogen-bond acceptors (Lipinski definition) is 7. The second-order valence-electron chi connectivity index (χ2n) is 11.1. The van der Waals surface area contributed by atoms with E-state index in [0.29, 0.717) is 18.1 Å². The molecule has 1 aliphatic carbocycles. The van der Waals surface area contributed by atoms with Gasteiger partial charge in [0, 0.05) is 6.54 Å². The molecule has 0 spiro atoms. The van der Waals surface area contributed by atoms with E-state index in [4.69, 9.17) is 9.47 Å². The number of rotatable bonds is 9. The summed E-state index contributed by atoms with van der Waals surface area (Å²) in [5.74, 6) is 0.509. The minimum Gasteiger partial charge on any atom is -0.387 e. The Kier molecular flexibility index (Phi) is 6.95. The fourth-order valence-corrected chi connectivity index (χ4v) is 5.91. The maximum atomic E-state index is 13.0. The first-order chi connectivity index (χ1) is 20.6. The van der Waals surface area contributed by atoms with Crippen LogP contribution in [0, 0.1) is 5.92 Å². The number of fused-ring (bicyclic) bond motifs is 1. The monoisotopic (exact) mass is 564 g/mol. The molecule has 3 aromatic carbocycles. The molecule has 0 amide bonds. The van der Waals surface area contributed by atoms with Crippen LogP contribution in [0.15, 0.2) is 108 Å². The largest absolute Gasteiger partial charge is 0.387 e. The Bertz CT molecular complexity index is 1620. The van der Waals surface area contributed by atoms with Crippen LogP contribution in [0.25, 0.3) is 11.2 Å². The van der Waals surface area contributed by atoms with Crippen molar-refractivity contribution in [3.63, 3.8) is 0 Å². The summed E-state index contributed by atoms with van der Waals surface area (Å²) >= 11 is 0. The van der Waals surface area contributed by atoms with Gasteiger partial charge in [0.2, 0.25) is 0 Å². The first-order valence-electron chi connectivity index (χ1n) is 14.3. The molecule has 42 heavy (non-hydrogen) atoms. The van der Waals surface area contributed by atoms with Gasteiger partial charge in [0.1, 0.15) is 30.2 Å². The molecule has 214 valence electrons. The smallest absolute Gasteiger partial charge is 0.281 e. The number of nitrogens with zero attached hydrogens (tertiary/aromatic N) is 4. The average Bonchev–Trinajstić information content (AvgIpc) is 3.69. The Morgan fingerprint density at radius 1 is 0.810 bits per heavy atom. The molecule has 7 rings (SSSR count). The summed E-state index contributed by atoms with van der Waals surface area (Å²) < 4.78 is 16.2. The van der Waals surface area contributed by atoms with Crippen molar-refractivity contribution in [1.29, 1.82) is 0 Å². The van der Waals surface area contributed by atoms with Gasteiger partial charge in [-0.05, 0) is 35.4 Å². The quantitative estimate of drug-likeness (QED) is 0.263. The van der Waals surface area contributed by atoms with Crippen LogP contribution < -0.4 is 5.56 Å². The molecule has 2 aromatic heterocycles. The van der Waals surface area contributed by atoms with Crippen molar-refractivity contribution < 1.29 is 19.7 Å². The van der Waals surface area contributed by atoms with E-state index in [-0.39, 0.29) is 17.7 Å². The highest BCUT2D eigenvalue weighted by Crippen LogP contribution is 2.42. The summed E-state index contributed by atoms with van der Waals surface area (Å²) in [4.78, 5) is 21.8. The van der Waals surface area contributed by atoms with Crippen molar-refractivity contribution in [2.24, 2.45) is 5.92 Å². The Labute approximate surface area is 242 Å². The zero-order valence-corrected chi connectivity index (χ0v) is 22.9. The zero-order chi connectivity index (χ0) is 28.7. The van der Waals surface area contributed by atoms with E-state index < -0.39 is 30.1 Å². The fourth-order valence-electron chi connectivity index (χ4n) is 5.91. The van der Waals surface area contributed by atoms with E-state index in [9.17, 15) is 15.0 Å². The Morgan fingerprint density at radius 3 is 1.93 bits per heavy atom. The second kappa shape index (κ2) is 10.9. The maximum Gasteiger partial charge on any atom is 0.281 e. The standard InChI is InChI=1S/C33H32N4O5/c38-28-26(42-32(29(28)39)37-21-34-27-30(37)35-20-36(31(27)40)18-22-16-17-22)19-41-33(23-10-4-1-5-11-23,24-12-6-2-7-13-24)25-14-8-3-9-15-25/h1-15,20-22,26,28-29,32,38-39H,16-19H2. The SMILES string of the molecule is O=c1c2ncn(C3OC(COC(c4ccccc4)(c4ccccc4)c4ccccc4)C(O)C3O)c2ncn1CC1CC1. The number of aliphatic hydroxyl groups excluding tert-OH is 2. The molecule has 1 aliphatic heterocycles. The molecule has 0 bridgehead atoms. The fraction of sp³-hybridized carbons (Fsp3) is 0.303. The second-order valence-corrected chi connectivity index (χ2v) is 11.1. The van der Waals surface area contributed by atoms with Crippen molar-refractivity contribution in [2.45, 2.75) is 49.5 Å². The van der Waals surface area contributed by atoms with Gasteiger partial charge >= 0.3 is 0 Å². The predicted molar refractivity (Wildman–Crippen MR) is 156 cm³/mol. The van der Waals surface area contributed by atoms with Crippen LogP contribution in [0.2, 0.25) is 0 Å². The van der Waals surface area contributed by atoms with Gasteiger partial charge in [-0.1, -0.05) is 91.0 Å². The lowest BCUT2D eigenvalue weighted by Crippen LogP contribution is -2.39. The van der Waals surface area contributed by atoms with Gasteiger partial charge in [-0.2, -0.15) is 0 Å². The highest BCUT2D eigenvalue weighted by Gasteiger charge is 2.47. The van der Waals surface area contributed by atoms with Crippen molar-refractivity contribution in [2.75, 3.05) is 6.61 Å². The molecule has 3 heterocycles. The highest BCUT2D eigenvalue weighted by molar-refractivity contribution is 5.69. The predicted octanol–water partition coefficient (Wildman–Crippen LogP) is 3.63. The molecule has 1 saturated carbocycles. The molecule has 9 heteroatoms. The number of aliphatic hydroxyl groups is 2. The maximum absolute atomic E-state index is 13.0. The summed E-state index contributed by atoms with van der Waals surface area (Å²) in [6.07, 6.45) is 0.789. The summed E-state index contributed by atoms with van der Waals surface area (Å²) in [7, 11) is 0. The van der Waals surface area contributed by atoms with Crippen LogP contribution in [0.1, 0.15) is 35.8 Å². The third-order valence-corrected chi connectivity index (χ3v) is 8.32. The molecule has 4 atom stereocenters. The lowest BCUT2D eigenvalue weighted by atomic mass is 9.80. The number of hydrogen-bond donors (Lipinski definition) is 2. The molecule has 9 nitrogen and oxygen atoms in total. The third-order valence-electron chi connectivity index (χ3n) is 8.32. The molecule has 2 N–H and O–H groups in total. The van der Waals surface area contributed by atoms with E-state index >= 15 is 0 Å². The summed E-state index contributed by atoms with van der Waals surface area (Å²) in [6, 6.07) is 29.8. The Morgan fingerprint density at radius 2 is 1.38 bits per heavy atom. The summed E-state index contributed by atoms with van der Waals surface area (Å²) in [6.45, 7) is 0.600. The molecule has 2 aliphatic rings. The van der Waals surface area contributed by atoms with E-state index in [0.717, 1.165) is 29.5 Å². The first kappa shape index (κ1) is 26.7. The molecule has 1 saturated heterocycles. The van der Waals surface area contributed by atoms with Crippen molar-refractivity contribution in [3.05, 3.63) is 131 Å². The van der Waals surface area contributed by atoms with Gasteiger partial charge in [-0.3, -0.25) is 13.9 Å². The summed E-state index contributed by atoms with van der Waals surface area (Å²) in [5.41, 5.74) is 2.03. The topological polar surface area (TPSA) is 112 Å². The van der Waals surface area contributed by atoms with Crippen molar-refractivity contribution in [1.82, 2.24) is 19.1 Å². The van der Waals surface area contributed by atoms with E-state index in [1.807, 2.05) is 91.0 Å². The summed E-state index contributed by atoms with van der Waals surface area (Å²) in [5, 5.41) is 22.2. The molecule has 4 unspecified atom stereocenters. The Balaban J connectivity index is 1.21. The van der Waals surface area contributed by atoms with E-state index in [1.54, 1.807) is 4.57 Å².